The molecule has 0 bridgehead atoms. The molecule has 0 aliphatic heterocycles. The van der Waals surface area contributed by atoms with Crippen LogP contribution in [-0.4, -0.2) is 29.2 Å². The van der Waals surface area contributed by atoms with Gasteiger partial charge in [-0.05, 0) is 17.2 Å². The van der Waals surface area contributed by atoms with Crippen LogP contribution in [0.2, 0.25) is 0 Å². The number of aromatic nitrogens is 2. The second-order valence-corrected chi connectivity index (χ2v) is 6.54. The smallest absolute Gasteiger partial charge is 0.191 e. The summed E-state index contributed by atoms with van der Waals surface area (Å²) in [4.78, 5) is 8.38. The van der Waals surface area contributed by atoms with Gasteiger partial charge in [-0.1, -0.05) is 55.1 Å². The van der Waals surface area contributed by atoms with Crippen LogP contribution < -0.4 is 15.4 Å². The molecule has 0 aliphatic rings. The summed E-state index contributed by atoms with van der Waals surface area (Å²) in [6.07, 6.45) is 7.32. The minimum Gasteiger partial charge on any atom is -0.489 e. The van der Waals surface area contributed by atoms with E-state index in [1.165, 1.54) is 11.1 Å². The lowest BCUT2D eigenvalue weighted by molar-refractivity contribution is 0.358. The first kappa shape index (κ1) is 20.2. The molecule has 0 unspecified atom stereocenters. The van der Waals surface area contributed by atoms with Crippen LogP contribution in [0.5, 0.6) is 5.75 Å². The summed E-state index contributed by atoms with van der Waals surface area (Å²) in [7, 11) is 1.77. The van der Waals surface area contributed by atoms with Crippen LogP contribution in [0.1, 0.15) is 16.7 Å². The van der Waals surface area contributed by atoms with E-state index in [1.807, 2.05) is 36.8 Å². The number of hydrogen-bond acceptors (Lipinski definition) is 3. The number of para-hydroxylation sites is 1. The summed E-state index contributed by atoms with van der Waals surface area (Å²) in [5, 5.41) is 6.69. The topological polar surface area (TPSA) is 63.5 Å². The van der Waals surface area contributed by atoms with Gasteiger partial charge >= 0.3 is 0 Å². The molecule has 29 heavy (non-hydrogen) atoms. The molecule has 0 spiro atoms. The zero-order valence-corrected chi connectivity index (χ0v) is 16.7. The molecule has 0 atom stereocenters. The SMILES string of the molecule is C=CCOc1ccccc1CNC(=NC)NCc1ccc(Cn2ccnc2)cc1. The Morgan fingerprint density at radius 3 is 2.59 bits per heavy atom. The average molecular weight is 390 g/mol. The van der Waals surface area contributed by atoms with Crippen LogP contribution in [0, 0.1) is 0 Å². The van der Waals surface area contributed by atoms with Gasteiger partial charge in [-0.3, -0.25) is 4.99 Å². The van der Waals surface area contributed by atoms with E-state index in [1.54, 1.807) is 19.3 Å². The van der Waals surface area contributed by atoms with Gasteiger partial charge in [0.2, 0.25) is 0 Å². The quantitative estimate of drug-likeness (QED) is 0.335. The highest BCUT2D eigenvalue weighted by Gasteiger charge is 2.04. The molecule has 0 amide bonds. The minimum atomic E-state index is 0.487. The Balaban J connectivity index is 1.50. The summed E-state index contributed by atoms with van der Waals surface area (Å²) < 4.78 is 7.76. The number of aliphatic imine (C=N–C) groups is 1. The van der Waals surface area contributed by atoms with Crippen molar-refractivity contribution in [3.8, 4) is 5.75 Å². The van der Waals surface area contributed by atoms with Crippen molar-refractivity contribution in [2.75, 3.05) is 13.7 Å². The second kappa shape index (κ2) is 10.7. The fourth-order valence-electron chi connectivity index (χ4n) is 2.88. The number of nitrogens with zero attached hydrogens (tertiary/aromatic N) is 3. The molecule has 0 radical (unpaired) electrons. The van der Waals surface area contributed by atoms with Crippen LogP contribution in [0.25, 0.3) is 0 Å². The Kier molecular flexibility index (Phi) is 7.46. The molecular formula is C23H27N5O. The van der Waals surface area contributed by atoms with E-state index >= 15 is 0 Å². The average Bonchev–Trinajstić information content (AvgIpc) is 3.27. The van der Waals surface area contributed by atoms with Crippen LogP contribution >= 0.6 is 0 Å². The van der Waals surface area contributed by atoms with Crippen molar-refractivity contribution >= 4 is 5.96 Å². The number of guanidine groups is 1. The fourth-order valence-corrected chi connectivity index (χ4v) is 2.88. The van der Waals surface area contributed by atoms with Crippen molar-refractivity contribution in [2.24, 2.45) is 4.99 Å². The summed E-state index contributed by atoms with van der Waals surface area (Å²) in [5.41, 5.74) is 3.50. The number of rotatable bonds is 9. The predicted octanol–water partition coefficient (Wildman–Crippen LogP) is 3.36. The van der Waals surface area contributed by atoms with Crippen molar-refractivity contribution < 1.29 is 4.74 Å². The van der Waals surface area contributed by atoms with Gasteiger partial charge in [0.25, 0.3) is 0 Å². The maximum absolute atomic E-state index is 5.71. The Morgan fingerprint density at radius 1 is 1.10 bits per heavy atom. The van der Waals surface area contributed by atoms with Crippen LogP contribution in [-0.2, 0) is 19.6 Å². The number of hydrogen-bond donors (Lipinski definition) is 2. The van der Waals surface area contributed by atoms with E-state index < -0.39 is 0 Å². The molecule has 6 nitrogen and oxygen atoms in total. The lowest BCUT2D eigenvalue weighted by Crippen LogP contribution is -2.36. The van der Waals surface area contributed by atoms with E-state index in [0.717, 1.165) is 23.8 Å². The molecule has 3 aromatic rings. The van der Waals surface area contributed by atoms with E-state index in [0.29, 0.717) is 19.7 Å². The summed E-state index contributed by atoms with van der Waals surface area (Å²) >= 11 is 0. The van der Waals surface area contributed by atoms with E-state index in [9.17, 15) is 0 Å². The van der Waals surface area contributed by atoms with Crippen molar-refractivity contribution in [3.63, 3.8) is 0 Å². The zero-order valence-electron chi connectivity index (χ0n) is 16.7. The van der Waals surface area contributed by atoms with Gasteiger partial charge < -0.3 is 19.9 Å². The van der Waals surface area contributed by atoms with Gasteiger partial charge in [-0.2, -0.15) is 0 Å². The number of ether oxygens (including phenoxy) is 1. The molecule has 0 aliphatic carbocycles. The molecule has 3 rings (SSSR count). The molecule has 2 N–H and O–H groups in total. The molecule has 1 aromatic heterocycles. The third kappa shape index (κ3) is 6.24. The number of nitrogens with one attached hydrogen (secondary N) is 2. The monoisotopic (exact) mass is 389 g/mol. The van der Waals surface area contributed by atoms with Crippen molar-refractivity contribution in [1.82, 2.24) is 20.2 Å². The van der Waals surface area contributed by atoms with Crippen LogP contribution in [0.15, 0.2) is 84.9 Å². The van der Waals surface area contributed by atoms with E-state index in [2.05, 4.69) is 56.0 Å². The molecule has 1 heterocycles. The summed E-state index contributed by atoms with van der Waals surface area (Å²) in [6.45, 7) is 6.32. The molecule has 150 valence electrons. The molecule has 6 heteroatoms. The summed E-state index contributed by atoms with van der Waals surface area (Å²) in [6, 6.07) is 16.5. The van der Waals surface area contributed by atoms with Gasteiger partial charge in [0.15, 0.2) is 5.96 Å². The zero-order chi connectivity index (χ0) is 20.3. The van der Waals surface area contributed by atoms with Crippen molar-refractivity contribution in [3.05, 3.63) is 96.6 Å². The lowest BCUT2D eigenvalue weighted by atomic mass is 10.1. The third-order valence-corrected chi connectivity index (χ3v) is 4.41. The Bertz CT molecular complexity index is 917. The fraction of sp³-hybridized carbons (Fsp3) is 0.217. The predicted molar refractivity (Wildman–Crippen MR) is 117 cm³/mol. The van der Waals surface area contributed by atoms with Gasteiger partial charge in [-0.15, -0.1) is 0 Å². The van der Waals surface area contributed by atoms with Gasteiger partial charge in [0.1, 0.15) is 12.4 Å². The Labute approximate surface area is 172 Å². The minimum absolute atomic E-state index is 0.487. The summed E-state index contributed by atoms with van der Waals surface area (Å²) in [5.74, 6) is 1.59. The van der Waals surface area contributed by atoms with E-state index in [-0.39, 0.29) is 0 Å². The largest absolute Gasteiger partial charge is 0.489 e. The molecule has 0 fully saturated rings. The lowest BCUT2D eigenvalue weighted by Gasteiger charge is -2.14. The second-order valence-electron chi connectivity index (χ2n) is 6.54. The van der Waals surface area contributed by atoms with Gasteiger partial charge in [0, 0.05) is 44.6 Å². The number of imidazole rings is 1. The normalized spacial score (nSPS) is 11.1. The first-order chi connectivity index (χ1) is 14.3. The molecule has 2 aromatic carbocycles. The molecular weight excluding hydrogens is 362 g/mol. The van der Waals surface area contributed by atoms with Crippen molar-refractivity contribution in [2.45, 2.75) is 19.6 Å². The van der Waals surface area contributed by atoms with Crippen LogP contribution in [0.4, 0.5) is 0 Å². The van der Waals surface area contributed by atoms with Crippen LogP contribution in [0.3, 0.4) is 0 Å². The van der Waals surface area contributed by atoms with E-state index in [4.69, 9.17) is 4.74 Å². The van der Waals surface area contributed by atoms with Gasteiger partial charge in [0.05, 0.1) is 6.33 Å². The third-order valence-electron chi connectivity index (χ3n) is 4.41. The highest BCUT2D eigenvalue weighted by molar-refractivity contribution is 5.79. The maximum Gasteiger partial charge on any atom is 0.191 e. The first-order valence-electron chi connectivity index (χ1n) is 9.58. The standard InChI is InChI=1S/C23H27N5O/c1-3-14-29-22-7-5-4-6-21(22)16-27-23(24-2)26-15-19-8-10-20(11-9-19)17-28-13-12-25-18-28/h3-13,18H,1,14-17H2,2H3,(H2,24,26,27). The first-order valence-corrected chi connectivity index (χ1v) is 9.58. The Morgan fingerprint density at radius 2 is 1.86 bits per heavy atom. The van der Waals surface area contributed by atoms with Gasteiger partial charge in [-0.25, -0.2) is 4.98 Å². The maximum atomic E-state index is 5.71. The number of benzene rings is 2. The Hall–Kier alpha value is -3.54. The van der Waals surface area contributed by atoms with Crippen molar-refractivity contribution in [1.29, 1.82) is 0 Å². The molecule has 0 saturated heterocycles. The highest BCUT2D eigenvalue weighted by Crippen LogP contribution is 2.17. The highest BCUT2D eigenvalue weighted by atomic mass is 16.5. The molecule has 0 saturated carbocycles.